The van der Waals surface area contributed by atoms with Crippen molar-refractivity contribution in [2.75, 3.05) is 9.80 Å². The van der Waals surface area contributed by atoms with E-state index in [-0.39, 0.29) is 0 Å². The first-order valence-corrected chi connectivity index (χ1v) is 29.0. The van der Waals surface area contributed by atoms with Crippen LogP contribution in [0.4, 0.5) is 34.1 Å². The molecule has 18 rings (SSSR count). The van der Waals surface area contributed by atoms with Gasteiger partial charge in [-0.25, -0.2) is 0 Å². The van der Waals surface area contributed by atoms with Gasteiger partial charge in [-0.3, -0.25) is 0 Å². The van der Waals surface area contributed by atoms with E-state index < -0.39 is 0 Å². The molecule has 6 heterocycles. The summed E-state index contributed by atoms with van der Waals surface area (Å²) in [6, 6.07) is 92.8. The fraction of sp³-hybridized carbons (Fsp3) is 0.0127. The van der Waals surface area contributed by atoms with E-state index in [0.29, 0.717) is 0 Å². The molecule has 0 aliphatic heterocycles. The van der Waals surface area contributed by atoms with Gasteiger partial charge in [-0.05, 0) is 114 Å². The van der Waals surface area contributed by atoms with Crippen LogP contribution in [-0.2, 0) is 0 Å². The lowest BCUT2D eigenvalue weighted by Gasteiger charge is -2.26. The molecule has 0 saturated carbocycles. The molecule has 6 nitrogen and oxygen atoms in total. The van der Waals surface area contributed by atoms with Crippen LogP contribution in [0.3, 0.4) is 0 Å². The van der Waals surface area contributed by atoms with Gasteiger partial charge in [-0.1, -0.05) is 195 Å². The van der Waals surface area contributed by atoms with Gasteiger partial charge in [0.1, 0.15) is 11.3 Å². The Morgan fingerprint density at radius 3 is 1.31 bits per heavy atom. The summed E-state index contributed by atoms with van der Waals surface area (Å²) in [7, 11) is 0. The Labute approximate surface area is 488 Å². The van der Waals surface area contributed by atoms with Crippen LogP contribution in [0.2, 0.25) is 0 Å². The number of rotatable bonds is 10. The number of aromatic nitrogens is 2. The number of allylic oxidation sites excluding steroid dienone is 1. The summed E-state index contributed by atoms with van der Waals surface area (Å²) in [5.41, 5.74) is 21.2. The molecular formula is C79H50N4O2. The highest BCUT2D eigenvalue weighted by Crippen LogP contribution is 2.50. The van der Waals surface area contributed by atoms with Crippen LogP contribution in [0.15, 0.2) is 276 Å². The molecule has 12 aromatic carbocycles. The van der Waals surface area contributed by atoms with Crippen molar-refractivity contribution in [3.8, 4) is 22.3 Å². The molecule has 0 unspecified atom stereocenters. The van der Waals surface area contributed by atoms with Crippen LogP contribution in [0.1, 0.15) is 18.2 Å². The summed E-state index contributed by atoms with van der Waals surface area (Å²) >= 11 is 0. The lowest BCUT2D eigenvalue weighted by molar-refractivity contribution is 0.604. The number of hydrogen-bond acceptors (Lipinski definition) is 4. The molecule has 0 saturated heterocycles. The Kier molecular flexibility index (Phi) is 10.1. The molecule has 18 aromatic rings. The monoisotopic (exact) mass is 1090 g/mol. The molecule has 6 aromatic heterocycles. The molecule has 0 radical (unpaired) electrons. The normalized spacial score (nSPS) is 12.3. The van der Waals surface area contributed by atoms with Gasteiger partial charge in [0, 0.05) is 87.6 Å². The Bertz CT molecular complexity index is 5780. The summed E-state index contributed by atoms with van der Waals surface area (Å²) in [5.74, 6) is 0.746. The zero-order chi connectivity index (χ0) is 56.0. The zero-order valence-corrected chi connectivity index (χ0v) is 46.3. The molecular weight excluding hydrogens is 1040 g/mol. The highest BCUT2D eigenvalue weighted by Gasteiger charge is 2.27. The first-order valence-electron chi connectivity index (χ1n) is 29.0. The topological polar surface area (TPSA) is 41.6 Å². The van der Waals surface area contributed by atoms with Crippen LogP contribution in [0.25, 0.3) is 144 Å². The summed E-state index contributed by atoms with van der Waals surface area (Å²) < 4.78 is 18.7. The van der Waals surface area contributed by atoms with Crippen LogP contribution < -0.4 is 9.80 Å². The number of nitrogens with zero attached hydrogens (tertiary/aromatic N) is 4. The highest BCUT2D eigenvalue weighted by atomic mass is 16.3. The Hall–Kier alpha value is -11.3. The van der Waals surface area contributed by atoms with Gasteiger partial charge in [0.05, 0.1) is 44.5 Å². The standard InChI is InChI=1S/C79H50N4O2/c1-3-19-58-64-33-17-35-68(78(64)84-74(58)4-2)80(52-26-13-24-50(42-52)48-20-7-5-8-21-48)54-38-40-56-60-29-15-31-62-66-47-73-67(46-72(66)82(76(60)62)70(56)44-54)63-32-16-30-61-57-41-39-55(45-71(57)83(73)77(61)63)81(53-27-14-25-51(43-53)49-22-9-6-10-23-49)69-36-18-34-65-59-28-11-12-37-75(59)85-79(65)69/h3-47H,2H2,1H3/b19-3-. The van der Waals surface area contributed by atoms with E-state index in [1.807, 2.05) is 19.1 Å². The number of para-hydroxylation sites is 5. The van der Waals surface area contributed by atoms with Crippen molar-refractivity contribution in [1.29, 1.82) is 0 Å². The number of anilines is 6. The van der Waals surface area contributed by atoms with Gasteiger partial charge in [0.25, 0.3) is 0 Å². The minimum Gasteiger partial charge on any atom is -0.454 e. The van der Waals surface area contributed by atoms with Crippen molar-refractivity contribution in [3.05, 3.63) is 279 Å². The van der Waals surface area contributed by atoms with Gasteiger partial charge < -0.3 is 27.4 Å². The fourth-order valence-electron chi connectivity index (χ4n) is 14.2. The predicted molar refractivity (Wildman–Crippen MR) is 358 cm³/mol. The maximum Gasteiger partial charge on any atom is 0.159 e. The van der Waals surface area contributed by atoms with Gasteiger partial charge in [0.15, 0.2) is 11.2 Å². The molecule has 0 fully saturated rings. The van der Waals surface area contributed by atoms with Crippen LogP contribution in [-0.4, -0.2) is 8.80 Å². The summed E-state index contributed by atoms with van der Waals surface area (Å²) in [6.45, 7) is 6.20. The third kappa shape index (κ3) is 6.82. The Balaban J connectivity index is 0.864. The molecule has 0 aliphatic carbocycles. The molecule has 0 atom stereocenters. The molecule has 0 bridgehead atoms. The number of hydrogen-bond donors (Lipinski definition) is 0. The predicted octanol–water partition coefficient (Wildman–Crippen LogP) is 22.6. The second kappa shape index (κ2) is 18.1. The molecule has 0 aliphatic rings. The lowest BCUT2D eigenvalue weighted by Crippen LogP contribution is -2.10. The maximum atomic E-state index is 6.82. The fourth-order valence-corrected chi connectivity index (χ4v) is 14.2. The first kappa shape index (κ1) is 47.3. The average molecular weight is 1090 g/mol. The quantitative estimate of drug-likeness (QED) is 0.137. The van der Waals surface area contributed by atoms with E-state index in [9.17, 15) is 0 Å². The molecule has 0 spiro atoms. The lowest BCUT2D eigenvalue weighted by atomic mass is 10.0. The van der Waals surface area contributed by atoms with Crippen molar-refractivity contribution in [3.63, 3.8) is 0 Å². The zero-order valence-electron chi connectivity index (χ0n) is 46.3. The highest BCUT2D eigenvalue weighted by molar-refractivity contribution is 6.29. The first-order chi connectivity index (χ1) is 42.1. The molecule has 85 heavy (non-hydrogen) atoms. The van der Waals surface area contributed by atoms with Crippen molar-refractivity contribution in [2.24, 2.45) is 0 Å². The molecule has 0 N–H and O–H groups in total. The molecule has 0 amide bonds. The minimum atomic E-state index is 0.746. The maximum absolute atomic E-state index is 6.82. The van der Waals surface area contributed by atoms with E-state index >= 15 is 0 Å². The molecule has 398 valence electrons. The summed E-state index contributed by atoms with van der Waals surface area (Å²) in [4.78, 5) is 4.74. The average Bonchev–Trinajstić information content (AvgIpc) is 1.66. The van der Waals surface area contributed by atoms with Crippen LogP contribution in [0.5, 0.6) is 0 Å². The summed E-state index contributed by atoms with van der Waals surface area (Å²) in [5, 5.41) is 13.0. The van der Waals surface area contributed by atoms with Gasteiger partial charge >= 0.3 is 0 Å². The summed E-state index contributed by atoms with van der Waals surface area (Å²) in [6.07, 6.45) is 5.99. The minimum absolute atomic E-state index is 0.746. The van der Waals surface area contributed by atoms with Gasteiger partial charge in [-0.2, -0.15) is 0 Å². The van der Waals surface area contributed by atoms with Crippen molar-refractivity contribution in [2.45, 2.75) is 6.92 Å². The second-order valence-corrected chi connectivity index (χ2v) is 22.4. The van der Waals surface area contributed by atoms with E-state index in [4.69, 9.17) is 8.83 Å². The van der Waals surface area contributed by atoms with E-state index in [2.05, 4.69) is 286 Å². The van der Waals surface area contributed by atoms with E-state index in [1.54, 1.807) is 0 Å². The third-order valence-electron chi connectivity index (χ3n) is 17.8. The third-order valence-corrected chi connectivity index (χ3v) is 17.8. The van der Waals surface area contributed by atoms with E-state index in [1.165, 1.54) is 65.2 Å². The number of fused-ring (bicyclic) bond motifs is 16. The smallest absolute Gasteiger partial charge is 0.159 e. The Morgan fingerprint density at radius 1 is 0.341 bits per heavy atom. The SMILES string of the molecule is C=Cc1oc2c(N(c3cccc(-c4ccccc4)c3)c3ccc4c5cccc6c7cc8c(cc7n(c4c3)c56)c3cccc4c5ccc(N(c6cccc(-c7ccccc7)c6)c6cccc7c6oc6ccccc67)cc5n8c43)cccc2c1/C=C\C. The number of furan rings is 2. The molecule has 6 heteroatoms. The van der Waals surface area contributed by atoms with Gasteiger partial charge in [-0.15, -0.1) is 0 Å². The van der Waals surface area contributed by atoms with Crippen molar-refractivity contribution >= 4 is 155 Å². The van der Waals surface area contributed by atoms with Crippen LogP contribution in [0, 0.1) is 0 Å². The largest absolute Gasteiger partial charge is 0.454 e. The van der Waals surface area contributed by atoms with Crippen molar-refractivity contribution in [1.82, 2.24) is 8.80 Å². The second-order valence-electron chi connectivity index (χ2n) is 22.4. The Morgan fingerprint density at radius 2 is 0.765 bits per heavy atom. The number of benzene rings is 12. The van der Waals surface area contributed by atoms with Gasteiger partial charge in [0.2, 0.25) is 0 Å². The van der Waals surface area contributed by atoms with Crippen molar-refractivity contribution < 1.29 is 8.83 Å². The van der Waals surface area contributed by atoms with Crippen LogP contribution >= 0.6 is 0 Å². The van der Waals surface area contributed by atoms with E-state index in [0.717, 1.165) is 112 Å².